The van der Waals surface area contributed by atoms with Gasteiger partial charge in [-0.05, 0) is 40.5 Å². The third kappa shape index (κ3) is 3.44. The smallest absolute Gasteiger partial charge is 0.228 e. The van der Waals surface area contributed by atoms with Crippen LogP contribution in [0.15, 0.2) is 53.0 Å². The second kappa shape index (κ2) is 5.83. The summed E-state index contributed by atoms with van der Waals surface area (Å²) in [7, 11) is 0. The Hall–Kier alpha value is -1.61. The zero-order valence-corrected chi connectivity index (χ0v) is 11.7. The predicted molar refractivity (Wildman–Crippen MR) is 77.7 cm³/mol. The van der Waals surface area contributed by atoms with Crippen LogP contribution < -0.4 is 5.32 Å². The first-order valence-corrected chi connectivity index (χ1v) is 6.54. The molecule has 0 bridgehead atoms. The van der Waals surface area contributed by atoms with Crippen LogP contribution in [0.4, 0.5) is 5.69 Å². The Bertz CT molecular complexity index is 566. The Balaban J connectivity index is 2.03. The molecule has 3 heteroatoms. The molecule has 1 N–H and O–H groups in total. The highest BCUT2D eigenvalue weighted by molar-refractivity contribution is 9.10. The number of carbonyl (C=O) groups excluding carboxylic acids is 1. The van der Waals surface area contributed by atoms with E-state index in [2.05, 4.69) is 21.2 Å². The molecule has 0 atom stereocenters. The number of carbonyl (C=O) groups is 1. The number of hydrogen-bond donors (Lipinski definition) is 1. The summed E-state index contributed by atoms with van der Waals surface area (Å²) in [6.07, 6.45) is 0.392. The first-order valence-electron chi connectivity index (χ1n) is 5.75. The van der Waals surface area contributed by atoms with Crippen molar-refractivity contribution >= 4 is 27.5 Å². The van der Waals surface area contributed by atoms with E-state index >= 15 is 0 Å². The highest BCUT2D eigenvalue weighted by Gasteiger charge is 2.06. The molecule has 0 aliphatic carbocycles. The molecular weight excluding hydrogens is 290 g/mol. The van der Waals surface area contributed by atoms with Gasteiger partial charge in [0.25, 0.3) is 0 Å². The molecule has 0 fully saturated rings. The number of aryl methyl sites for hydroxylation is 1. The molecule has 2 aromatic carbocycles. The van der Waals surface area contributed by atoms with Gasteiger partial charge in [0.15, 0.2) is 0 Å². The van der Waals surface area contributed by atoms with E-state index in [4.69, 9.17) is 0 Å². The van der Waals surface area contributed by atoms with Gasteiger partial charge in [0.05, 0.1) is 12.1 Å². The van der Waals surface area contributed by atoms with Gasteiger partial charge in [0.2, 0.25) is 5.91 Å². The van der Waals surface area contributed by atoms with Gasteiger partial charge in [-0.2, -0.15) is 0 Å². The highest BCUT2D eigenvalue weighted by atomic mass is 79.9. The lowest BCUT2D eigenvalue weighted by Crippen LogP contribution is -2.14. The maximum Gasteiger partial charge on any atom is 0.228 e. The molecule has 18 heavy (non-hydrogen) atoms. The topological polar surface area (TPSA) is 29.1 Å². The van der Waals surface area contributed by atoms with Crippen LogP contribution in [0.1, 0.15) is 11.1 Å². The SMILES string of the molecule is Cc1cccc(CC(=O)Nc2ccccc2Br)c1. The van der Waals surface area contributed by atoms with E-state index in [1.807, 2.05) is 55.5 Å². The van der Waals surface area contributed by atoms with Crippen molar-refractivity contribution < 1.29 is 4.79 Å². The molecule has 0 radical (unpaired) electrons. The minimum atomic E-state index is -0.00694. The summed E-state index contributed by atoms with van der Waals surface area (Å²) in [6.45, 7) is 2.02. The average molecular weight is 304 g/mol. The van der Waals surface area contributed by atoms with Crippen LogP contribution in [0.5, 0.6) is 0 Å². The summed E-state index contributed by atoms with van der Waals surface area (Å²) < 4.78 is 0.891. The van der Waals surface area contributed by atoms with Gasteiger partial charge in [-0.25, -0.2) is 0 Å². The molecule has 0 saturated heterocycles. The lowest BCUT2D eigenvalue weighted by molar-refractivity contribution is -0.115. The Morgan fingerprint density at radius 1 is 1.17 bits per heavy atom. The maximum absolute atomic E-state index is 11.9. The molecule has 2 nitrogen and oxygen atoms in total. The largest absolute Gasteiger partial charge is 0.325 e. The van der Waals surface area contributed by atoms with Gasteiger partial charge in [-0.15, -0.1) is 0 Å². The lowest BCUT2D eigenvalue weighted by Gasteiger charge is -2.07. The molecule has 0 spiro atoms. The van der Waals surface area contributed by atoms with Crippen molar-refractivity contribution in [3.05, 3.63) is 64.1 Å². The van der Waals surface area contributed by atoms with Crippen molar-refractivity contribution in [2.45, 2.75) is 13.3 Å². The number of hydrogen-bond acceptors (Lipinski definition) is 1. The second-order valence-corrected chi connectivity index (χ2v) is 5.05. The van der Waals surface area contributed by atoms with Crippen molar-refractivity contribution in [2.75, 3.05) is 5.32 Å². The number of para-hydroxylation sites is 1. The Morgan fingerprint density at radius 2 is 1.94 bits per heavy atom. The minimum Gasteiger partial charge on any atom is -0.325 e. The van der Waals surface area contributed by atoms with Gasteiger partial charge in [0, 0.05) is 4.47 Å². The zero-order chi connectivity index (χ0) is 13.0. The highest BCUT2D eigenvalue weighted by Crippen LogP contribution is 2.21. The fraction of sp³-hybridized carbons (Fsp3) is 0.133. The summed E-state index contributed by atoms with van der Waals surface area (Å²) in [4.78, 5) is 11.9. The summed E-state index contributed by atoms with van der Waals surface area (Å²) in [6, 6.07) is 15.6. The number of amides is 1. The standard InChI is InChI=1S/C15H14BrNO/c1-11-5-4-6-12(9-11)10-15(18)17-14-8-3-2-7-13(14)16/h2-9H,10H2,1H3,(H,17,18). The Kier molecular flexibility index (Phi) is 4.15. The van der Waals surface area contributed by atoms with E-state index in [-0.39, 0.29) is 5.91 Å². The molecule has 0 saturated carbocycles. The van der Waals surface area contributed by atoms with Gasteiger partial charge in [0.1, 0.15) is 0 Å². The third-order valence-electron chi connectivity index (χ3n) is 2.60. The van der Waals surface area contributed by atoms with Crippen LogP contribution in [-0.2, 0) is 11.2 Å². The maximum atomic E-state index is 11.9. The van der Waals surface area contributed by atoms with E-state index in [1.54, 1.807) is 0 Å². The van der Waals surface area contributed by atoms with Crippen molar-refractivity contribution in [2.24, 2.45) is 0 Å². The molecule has 2 aromatic rings. The van der Waals surface area contributed by atoms with Crippen LogP contribution in [0.2, 0.25) is 0 Å². The van der Waals surface area contributed by atoms with Gasteiger partial charge in [-0.3, -0.25) is 4.79 Å². The number of nitrogens with one attached hydrogen (secondary N) is 1. The molecule has 0 aliphatic heterocycles. The first kappa shape index (κ1) is 12.8. The normalized spacial score (nSPS) is 10.1. The number of benzene rings is 2. The van der Waals surface area contributed by atoms with Crippen molar-refractivity contribution in [3.8, 4) is 0 Å². The zero-order valence-electron chi connectivity index (χ0n) is 10.1. The van der Waals surface area contributed by atoms with Crippen molar-refractivity contribution in [3.63, 3.8) is 0 Å². The summed E-state index contributed by atoms with van der Waals surface area (Å²) in [5.74, 6) is -0.00694. The summed E-state index contributed by atoms with van der Waals surface area (Å²) in [5.41, 5.74) is 3.00. The molecule has 92 valence electrons. The predicted octanol–water partition coefficient (Wildman–Crippen LogP) is 3.94. The quantitative estimate of drug-likeness (QED) is 0.914. The molecule has 0 aliphatic rings. The van der Waals surface area contributed by atoms with E-state index in [0.29, 0.717) is 6.42 Å². The number of anilines is 1. The Morgan fingerprint density at radius 3 is 2.67 bits per heavy atom. The second-order valence-electron chi connectivity index (χ2n) is 4.19. The summed E-state index contributed by atoms with van der Waals surface area (Å²) >= 11 is 3.41. The first-order chi connectivity index (χ1) is 8.65. The van der Waals surface area contributed by atoms with Gasteiger partial charge in [-0.1, -0.05) is 42.0 Å². The third-order valence-corrected chi connectivity index (χ3v) is 3.29. The average Bonchev–Trinajstić information content (AvgIpc) is 2.32. The van der Waals surface area contributed by atoms with Crippen molar-refractivity contribution in [1.82, 2.24) is 0 Å². The van der Waals surface area contributed by atoms with E-state index in [9.17, 15) is 4.79 Å². The number of halogens is 1. The lowest BCUT2D eigenvalue weighted by atomic mass is 10.1. The molecular formula is C15H14BrNO. The molecule has 0 unspecified atom stereocenters. The molecule has 0 aromatic heterocycles. The van der Waals surface area contributed by atoms with E-state index < -0.39 is 0 Å². The number of rotatable bonds is 3. The minimum absolute atomic E-state index is 0.00694. The van der Waals surface area contributed by atoms with Gasteiger partial charge >= 0.3 is 0 Å². The molecule has 2 rings (SSSR count). The Labute approximate surface area is 115 Å². The van der Waals surface area contributed by atoms with Crippen LogP contribution >= 0.6 is 15.9 Å². The van der Waals surface area contributed by atoms with E-state index in [0.717, 1.165) is 15.7 Å². The summed E-state index contributed by atoms with van der Waals surface area (Å²) in [5, 5.41) is 2.89. The van der Waals surface area contributed by atoms with Crippen LogP contribution in [-0.4, -0.2) is 5.91 Å². The van der Waals surface area contributed by atoms with Crippen molar-refractivity contribution in [1.29, 1.82) is 0 Å². The van der Waals surface area contributed by atoms with Gasteiger partial charge < -0.3 is 5.32 Å². The fourth-order valence-corrected chi connectivity index (χ4v) is 2.15. The fourth-order valence-electron chi connectivity index (χ4n) is 1.76. The monoisotopic (exact) mass is 303 g/mol. The molecule has 0 heterocycles. The molecule has 1 amide bonds. The van der Waals surface area contributed by atoms with Crippen LogP contribution in [0.25, 0.3) is 0 Å². The van der Waals surface area contributed by atoms with Crippen LogP contribution in [0.3, 0.4) is 0 Å². The van der Waals surface area contributed by atoms with E-state index in [1.165, 1.54) is 5.56 Å². The van der Waals surface area contributed by atoms with Crippen LogP contribution in [0, 0.1) is 6.92 Å².